The predicted octanol–water partition coefficient (Wildman–Crippen LogP) is 4.62. The Bertz CT molecular complexity index is 543. The van der Waals surface area contributed by atoms with Crippen molar-refractivity contribution in [3.63, 3.8) is 0 Å². The molecule has 0 radical (unpaired) electrons. The van der Waals surface area contributed by atoms with Crippen LogP contribution >= 0.6 is 11.6 Å². The molecule has 0 unspecified atom stereocenters. The molecule has 0 saturated carbocycles. The minimum Gasteiger partial charge on any atom is -0.494 e. The van der Waals surface area contributed by atoms with Crippen LogP contribution in [0.1, 0.15) is 13.3 Å². The van der Waals surface area contributed by atoms with E-state index in [2.05, 4.69) is 12.2 Å². The average molecular weight is 306 g/mol. The lowest BCUT2D eigenvalue weighted by atomic mass is 10.3. The van der Waals surface area contributed by atoms with Crippen LogP contribution in [0.25, 0.3) is 0 Å². The highest BCUT2D eigenvalue weighted by Gasteiger charge is 1.99. The molecule has 0 aromatic heterocycles. The molecule has 0 saturated heterocycles. The van der Waals surface area contributed by atoms with Crippen molar-refractivity contribution in [3.05, 3.63) is 53.6 Å². The van der Waals surface area contributed by atoms with E-state index >= 15 is 0 Å². The quantitative estimate of drug-likeness (QED) is 0.722. The number of ether oxygens (including phenoxy) is 2. The zero-order valence-electron chi connectivity index (χ0n) is 12.1. The molecule has 0 aliphatic carbocycles. The molecule has 0 aliphatic rings. The van der Waals surface area contributed by atoms with Gasteiger partial charge in [0.15, 0.2) is 0 Å². The van der Waals surface area contributed by atoms with Gasteiger partial charge in [0, 0.05) is 6.54 Å². The normalized spacial score (nSPS) is 10.2. The number of hydrogen-bond donors (Lipinski definition) is 1. The lowest BCUT2D eigenvalue weighted by molar-refractivity contribution is 0.313. The van der Waals surface area contributed by atoms with E-state index in [4.69, 9.17) is 21.1 Å². The van der Waals surface area contributed by atoms with Gasteiger partial charge in [-0.2, -0.15) is 0 Å². The SMILES string of the molecule is CCCOc1ccc(OCCNc2ccccc2Cl)cc1. The predicted molar refractivity (Wildman–Crippen MR) is 87.7 cm³/mol. The lowest BCUT2D eigenvalue weighted by Gasteiger charge is -2.10. The molecule has 2 aromatic carbocycles. The summed E-state index contributed by atoms with van der Waals surface area (Å²) in [5.74, 6) is 1.71. The Kier molecular flexibility index (Phi) is 6.22. The number of anilines is 1. The number of hydrogen-bond acceptors (Lipinski definition) is 3. The van der Waals surface area contributed by atoms with E-state index in [-0.39, 0.29) is 0 Å². The fourth-order valence-electron chi connectivity index (χ4n) is 1.81. The van der Waals surface area contributed by atoms with Crippen molar-refractivity contribution in [1.29, 1.82) is 0 Å². The van der Waals surface area contributed by atoms with Crippen LogP contribution in [0.15, 0.2) is 48.5 Å². The summed E-state index contributed by atoms with van der Waals surface area (Å²) in [6.45, 7) is 4.09. The Labute approximate surface area is 130 Å². The van der Waals surface area contributed by atoms with E-state index in [1.807, 2.05) is 48.5 Å². The molecule has 2 aromatic rings. The maximum Gasteiger partial charge on any atom is 0.119 e. The van der Waals surface area contributed by atoms with Gasteiger partial charge in [-0.1, -0.05) is 30.7 Å². The van der Waals surface area contributed by atoms with E-state index in [1.165, 1.54) is 0 Å². The van der Waals surface area contributed by atoms with Gasteiger partial charge in [-0.3, -0.25) is 0 Å². The van der Waals surface area contributed by atoms with Gasteiger partial charge in [0.2, 0.25) is 0 Å². The smallest absolute Gasteiger partial charge is 0.119 e. The number of nitrogens with one attached hydrogen (secondary N) is 1. The first kappa shape index (κ1) is 15.5. The summed E-state index contributed by atoms with van der Waals surface area (Å²) in [6.07, 6.45) is 1.01. The summed E-state index contributed by atoms with van der Waals surface area (Å²) in [7, 11) is 0. The maximum absolute atomic E-state index is 6.06. The highest BCUT2D eigenvalue weighted by Crippen LogP contribution is 2.20. The van der Waals surface area contributed by atoms with Crippen LogP contribution in [0.4, 0.5) is 5.69 Å². The van der Waals surface area contributed by atoms with E-state index in [9.17, 15) is 0 Å². The van der Waals surface area contributed by atoms with Gasteiger partial charge in [0.05, 0.1) is 17.3 Å². The first-order chi connectivity index (χ1) is 10.3. The Morgan fingerprint density at radius 3 is 2.14 bits per heavy atom. The summed E-state index contributed by atoms with van der Waals surface area (Å²) in [4.78, 5) is 0. The standard InChI is InChI=1S/C17H20ClNO2/c1-2-12-20-14-7-9-15(10-8-14)21-13-11-19-17-6-4-3-5-16(17)18/h3-10,19H,2,11-13H2,1H3. The summed E-state index contributed by atoms with van der Waals surface area (Å²) >= 11 is 6.06. The summed E-state index contributed by atoms with van der Waals surface area (Å²) in [5.41, 5.74) is 0.922. The van der Waals surface area contributed by atoms with Gasteiger partial charge in [-0.05, 0) is 42.8 Å². The molecule has 0 amide bonds. The van der Waals surface area contributed by atoms with Gasteiger partial charge in [-0.25, -0.2) is 0 Å². The number of halogens is 1. The second-order valence-corrected chi connectivity index (χ2v) is 4.98. The summed E-state index contributed by atoms with van der Waals surface area (Å²) in [5, 5.41) is 3.96. The van der Waals surface area contributed by atoms with E-state index < -0.39 is 0 Å². The van der Waals surface area contributed by atoms with Crippen LogP contribution in [0.3, 0.4) is 0 Å². The molecule has 0 atom stereocenters. The van der Waals surface area contributed by atoms with Crippen molar-refractivity contribution in [2.24, 2.45) is 0 Å². The van der Waals surface area contributed by atoms with E-state index in [0.717, 1.165) is 35.2 Å². The molecular formula is C17H20ClNO2. The monoisotopic (exact) mass is 305 g/mol. The third-order valence-corrected chi connectivity index (χ3v) is 3.19. The van der Waals surface area contributed by atoms with E-state index in [0.29, 0.717) is 13.2 Å². The Balaban J connectivity index is 1.72. The molecule has 0 bridgehead atoms. The molecule has 2 rings (SSSR count). The third-order valence-electron chi connectivity index (χ3n) is 2.86. The zero-order valence-corrected chi connectivity index (χ0v) is 12.9. The van der Waals surface area contributed by atoms with Gasteiger partial charge in [-0.15, -0.1) is 0 Å². The van der Waals surface area contributed by atoms with E-state index in [1.54, 1.807) is 0 Å². The molecule has 4 heteroatoms. The average Bonchev–Trinajstić information content (AvgIpc) is 2.52. The first-order valence-corrected chi connectivity index (χ1v) is 7.51. The van der Waals surface area contributed by atoms with Crippen LogP contribution in [-0.4, -0.2) is 19.8 Å². The van der Waals surface area contributed by atoms with Crippen molar-refractivity contribution >= 4 is 17.3 Å². The summed E-state index contributed by atoms with van der Waals surface area (Å²) < 4.78 is 11.2. The van der Waals surface area contributed by atoms with Gasteiger partial charge < -0.3 is 14.8 Å². The van der Waals surface area contributed by atoms with Gasteiger partial charge in [0.25, 0.3) is 0 Å². The maximum atomic E-state index is 6.06. The number of benzene rings is 2. The minimum atomic E-state index is 0.570. The van der Waals surface area contributed by atoms with Crippen LogP contribution < -0.4 is 14.8 Å². The van der Waals surface area contributed by atoms with Crippen molar-refractivity contribution in [1.82, 2.24) is 0 Å². The molecule has 0 spiro atoms. The Hall–Kier alpha value is -1.87. The summed E-state index contributed by atoms with van der Waals surface area (Å²) in [6, 6.07) is 15.3. The number of rotatable bonds is 8. The Morgan fingerprint density at radius 2 is 1.52 bits per heavy atom. The molecule has 0 heterocycles. The first-order valence-electron chi connectivity index (χ1n) is 7.13. The fraction of sp³-hybridized carbons (Fsp3) is 0.294. The second-order valence-electron chi connectivity index (χ2n) is 4.57. The van der Waals surface area contributed by atoms with Crippen molar-refractivity contribution < 1.29 is 9.47 Å². The van der Waals surface area contributed by atoms with Crippen LogP contribution in [-0.2, 0) is 0 Å². The third kappa shape index (κ3) is 5.20. The van der Waals surface area contributed by atoms with Crippen molar-refractivity contribution in [2.45, 2.75) is 13.3 Å². The highest BCUT2D eigenvalue weighted by molar-refractivity contribution is 6.33. The van der Waals surface area contributed by atoms with Crippen LogP contribution in [0, 0.1) is 0 Å². The second kappa shape index (κ2) is 8.42. The minimum absolute atomic E-state index is 0.570. The zero-order chi connectivity index (χ0) is 14.9. The van der Waals surface area contributed by atoms with Crippen LogP contribution in [0.2, 0.25) is 5.02 Å². The van der Waals surface area contributed by atoms with Gasteiger partial charge in [0.1, 0.15) is 18.1 Å². The topological polar surface area (TPSA) is 30.5 Å². The lowest BCUT2D eigenvalue weighted by Crippen LogP contribution is -2.11. The van der Waals surface area contributed by atoms with Crippen molar-refractivity contribution in [3.8, 4) is 11.5 Å². The fourth-order valence-corrected chi connectivity index (χ4v) is 2.01. The molecular weight excluding hydrogens is 286 g/mol. The molecule has 112 valence electrons. The Morgan fingerprint density at radius 1 is 0.905 bits per heavy atom. The molecule has 0 fully saturated rings. The molecule has 3 nitrogen and oxygen atoms in total. The molecule has 1 N–H and O–H groups in total. The van der Waals surface area contributed by atoms with Crippen LogP contribution in [0.5, 0.6) is 11.5 Å². The highest BCUT2D eigenvalue weighted by atomic mass is 35.5. The van der Waals surface area contributed by atoms with Gasteiger partial charge >= 0.3 is 0 Å². The largest absolute Gasteiger partial charge is 0.494 e. The molecule has 21 heavy (non-hydrogen) atoms. The van der Waals surface area contributed by atoms with Crippen molar-refractivity contribution in [2.75, 3.05) is 25.1 Å². The molecule has 0 aliphatic heterocycles. The number of para-hydroxylation sites is 1.